The summed E-state index contributed by atoms with van der Waals surface area (Å²) in [7, 11) is 0. The van der Waals surface area contributed by atoms with Crippen LogP contribution in [0.15, 0.2) is 17.8 Å². The van der Waals surface area contributed by atoms with E-state index in [2.05, 4.69) is 18.8 Å². The molecular weight excluding hydrogens is 264 g/mol. The normalized spacial score (nSPS) is 27.7. The van der Waals surface area contributed by atoms with Crippen LogP contribution in [0.5, 0.6) is 0 Å². The SMILES string of the molecule is CC1(C)CSCC(O)(Cc2cn3ccsc3n2)C1. The summed E-state index contributed by atoms with van der Waals surface area (Å²) >= 11 is 3.49. The quantitative estimate of drug-likeness (QED) is 0.920. The summed E-state index contributed by atoms with van der Waals surface area (Å²) in [5, 5.41) is 12.8. The van der Waals surface area contributed by atoms with Crippen LogP contribution in [0.25, 0.3) is 4.96 Å². The van der Waals surface area contributed by atoms with Gasteiger partial charge in [-0.05, 0) is 17.6 Å². The highest BCUT2D eigenvalue weighted by Crippen LogP contribution is 2.40. The van der Waals surface area contributed by atoms with Gasteiger partial charge in [0.1, 0.15) is 0 Å². The molecule has 1 atom stereocenters. The second kappa shape index (κ2) is 4.25. The predicted molar refractivity (Wildman–Crippen MR) is 77.4 cm³/mol. The molecular formula is C13H18N2OS2. The monoisotopic (exact) mass is 282 g/mol. The molecule has 1 aliphatic rings. The van der Waals surface area contributed by atoms with Crippen molar-refractivity contribution in [1.82, 2.24) is 9.38 Å². The summed E-state index contributed by atoms with van der Waals surface area (Å²) < 4.78 is 2.03. The maximum atomic E-state index is 10.8. The first-order chi connectivity index (χ1) is 8.46. The molecule has 3 heterocycles. The van der Waals surface area contributed by atoms with E-state index < -0.39 is 5.60 Å². The van der Waals surface area contributed by atoms with Crippen molar-refractivity contribution in [2.45, 2.75) is 32.3 Å². The van der Waals surface area contributed by atoms with Crippen LogP contribution in [0.3, 0.4) is 0 Å². The zero-order valence-electron chi connectivity index (χ0n) is 10.7. The van der Waals surface area contributed by atoms with Gasteiger partial charge in [0.15, 0.2) is 4.96 Å². The molecule has 0 aliphatic carbocycles. The molecule has 98 valence electrons. The first-order valence-corrected chi connectivity index (χ1v) is 8.21. The van der Waals surface area contributed by atoms with Crippen LogP contribution in [0.2, 0.25) is 0 Å². The third kappa shape index (κ3) is 2.44. The first kappa shape index (κ1) is 12.5. The van der Waals surface area contributed by atoms with Gasteiger partial charge in [-0.3, -0.25) is 4.40 Å². The average Bonchev–Trinajstić information content (AvgIpc) is 2.74. The summed E-state index contributed by atoms with van der Waals surface area (Å²) in [4.78, 5) is 5.58. The lowest BCUT2D eigenvalue weighted by Gasteiger charge is -2.40. The summed E-state index contributed by atoms with van der Waals surface area (Å²) in [6.07, 6.45) is 5.58. The van der Waals surface area contributed by atoms with Crippen molar-refractivity contribution in [3.8, 4) is 0 Å². The van der Waals surface area contributed by atoms with Gasteiger partial charge < -0.3 is 5.11 Å². The number of thiazole rings is 1. The molecule has 2 aromatic heterocycles. The Kier molecular flexibility index (Phi) is 2.95. The lowest BCUT2D eigenvalue weighted by molar-refractivity contribution is 0.0193. The molecule has 0 aromatic carbocycles. The zero-order chi connectivity index (χ0) is 12.8. The summed E-state index contributed by atoms with van der Waals surface area (Å²) in [5.74, 6) is 1.95. The summed E-state index contributed by atoms with van der Waals surface area (Å²) in [6, 6.07) is 0. The number of aromatic nitrogens is 2. The van der Waals surface area contributed by atoms with Gasteiger partial charge in [-0.25, -0.2) is 4.98 Å². The van der Waals surface area contributed by atoms with Crippen LogP contribution >= 0.6 is 23.1 Å². The molecule has 3 nitrogen and oxygen atoms in total. The van der Waals surface area contributed by atoms with E-state index in [1.807, 2.05) is 33.9 Å². The number of thioether (sulfide) groups is 1. The highest BCUT2D eigenvalue weighted by Gasteiger charge is 2.39. The number of aliphatic hydroxyl groups is 1. The number of imidazole rings is 1. The van der Waals surface area contributed by atoms with Crippen molar-refractivity contribution in [3.05, 3.63) is 23.5 Å². The molecule has 1 saturated heterocycles. The molecule has 18 heavy (non-hydrogen) atoms. The van der Waals surface area contributed by atoms with Gasteiger partial charge in [0.05, 0.1) is 11.3 Å². The van der Waals surface area contributed by atoms with Gasteiger partial charge in [-0.2, -0.15) is 11.8 Å². The minimum absolute atomic E-state index is 0.217. The second-order valence-corrected chi connectivity index (χ2v) is 7.92. The van der Waals surface area contributed by atoms with E-state index in [0.717, 1.165) is 28.6 Å². The van der Waals surface area contributed by atoms with Gasteiger partial charge in [0.2, 0.25) is 0 Å². The Hall–Kier alpha value is -0.520. The Bertz CT molecular complexity index is 532. The van der Waals surface area contributed by atoms with Crippen LogP contribution < -0.4 is 0 Å². The van der Waals surface area contributed by atoms with Crippen LogP contribution in [-0.4, -0.2) is 31.6 Å². The van der Waals surface area contributed by atoms with Crippen LogP contribution in [0.1, 0.15) is 26.0 Å². The standard InChI is InChI=1S/C13H18N2OS2/c1-12(2)7-13(16,9-17-8-12)5-10-6-15-3-4-18-11(15)14-10/h3-4,6,16H,5,7-9H2,1-2H3. The molecule has 1 unspecified atom stereocenters. The van der Waals surface area contributed by atoms with E-state index >= 15 is 0 Å². The van der Waals surface area contributed by atoms with E-state index in [9.17, 15) is 5.11 Å². The van der Waals surface area contributed by atoms with E-state index in [0.29, 0.717) is 6.42 Å². The minimum atomic E-state index is -0.601. The minimum Gasteiger partial charge on any atom is -0.389 e. The van der Waals surface area contributed by atoms with Crippen molar-refractivity contribution in [2.75, 3.05) is 11.5 Å². The van der Waals surface area contributed by atoms with E-state index in [1.54, 1.807) is 11.3 Å². The van der Waals surface area contributed by atoms with Crippen LogP contribution in [0, 0.1) is 5.41 Å². The molecule has 1 fully saturated rings. The Balaban J connectivity index is 1.80. The number of nitrogens with zero attached hydrogens (tertiary/aromatic N) is 2. The molecule has 0 bridgehead atoms. The maximum absolute atomic E-state index is 10.8. The highest BCUT2D eigenvalue weighted by atomic mass is 32.2. The smallest absolute Gasteiger partial charge is 0.193 e. The lowest BCUT2D eigenvalue weighted by atomic mass is 9.80. The largest absolute Gasteiger partial charge is 0.389 e. The van der Waals surface area contributed by atoms with Crippen molar-refractivity contribution in [2.24, 2.45) is 5.41 Å². The summed E-state index contributed by atoms with van der Waals surface area (Å²) in [6.45, 7) is 4.46. The van der Waals surface area contributed by atoms with E-state index in [4.69, 9.17) is 0 Å². The lowest BCUT2D eigenvalue weighted by Crippen LogP contribution is -2.44. The fourth-order valence-electron chi connectivity index (χ4n) is 2.82. The van der Waals surface area contributed by atoms with Gasteiger partial charge in [-0.15, -0.1) is 11.3 Å². The first-order valence-electron chi connectivity index (χ1n) is 6.17. The zero-order valence-corrected chi connectivity index (χ0v) is 12.4. The number of hydrogen-bond acceptors (Lipinski definition) is 4. The Morgan fingerprint density at radius 3 is 3.00 bits per heavy atom. The maximum Gasteiger partial charge on any atom is 0.193 e. The molecule has 1 aliphatic heterocycles. The second-order valence-electron chi connectivity index (χ2n) is 6.06. The fraction of sp³-hybridized carbons (Fsp3) is 0.615. The Morgan fingerprint density at radius 1 is 1.44 bits per heavy atom. The number of fused-ring (bicyclic) bond motifs is 1. The predicted octanol–water partition coefficient (Wildman–Crippen LogP) is 2.83. The van der Waals surface area contributed by atoms with Gasteiger partial charge >= 0.3 is 0 Å². The van der Waals surface area contributed by atoms with Crippen molar-refractivity contribution < 1.29 is 5.11 Å². The fourth-order valence-corrected chi connectivity index (χ4v) is 4.88. The third-order valence-corrected chi connectivity index (χ3v) is 5.82. The Morgan fingerprint density at radius 2 is 2.28 bits per heavy atom. The topological polar surface area (TPSA) is 37.5 Å². The summed E-state index contributed by atoms with van der Waals surface area (Å²) in [5.41, 5.74) is 0.619. The number of rotatable bonds is 2. The Labute approximate surface area is 115 Å². The molecule has 2 aromatic rings. The molecule has 0 spiro atoms. The van der Waals surface area contributed by atoms with Crippen molar-refractivity contribution >= 4 is 28.1 Å². The molecule has 1 N–H and O–H groups in total. The molecule has 0 amide bonds. The van der Waals surface area contributed by atoms with Gasteiger partial charge in [0.25, 0.3) is 0 Å². The molecule has 5 heteroatoms. The molecule has 0 radical (unpaired) electrons. The number of hydrogen-bond donors (Lipinski definition) is 1. The molecule has 3 rings (SSSR count). The average molecular weight is 282 g/mol. The van der Waals surface area contributed by atoms with Gasteiger partial charge in [0, 0.05) is 29.9 Å². The molecule has 0 saturated carbocycles. The van der Waals surface area contributed by atoms with E-state index in [1.165, 1.54) is 0 Å². The van der Waals surface area contributed by atoms with Crippen molar-refractivity contribution in [3.63, 3.8) is 0 Å². The third-order valence-electron chi connectivity index (χ3n) is 3.32. The van der Waals surface area contributed by atoms with Crippen LogP contribution in [0.4, 0.5) is 0 Å². The van der Waals surface area contributed by atoms with Crippen molar-refractivity contribution in [1.29, 1.82) is 0 Å². The van der Waals surface area contributed by atoms with Gasteiger partial charge in [-0.1, -0.05) is 13.8 Å². The van der Waals surface area contributed by atoms with E-state index in [-0.39, 0.29) is 5.41 Å². The van der Waals surface area contributed by atoms with Crippen LogP contribution in [-0.2, 0) is 6.42 Å². The highest BCUT2D eigenvalue weighted by molar-refractivity contribution is 7.99.